The molecule has 186 valence electrons. The van der Waals surface area contributed by atoms with E-state index in [2.05, 4.69) is 20.3 Å². The summed E-state index contributed by atoms with van der Waals surface area (Å²) in [6.45, 7) is 1.15. The Labute approximate surface area is 195 Å². The van der Waals surface area contributed by atoms with Gasteiger partial charge >= 0.3 is 6.18 Å². The van der Waals surface area contributed by atoms with Gasteiger partial charge in [-0.3, -0.25) is 4.99 Å². The zero-order chi connectivity index (χ0) is 25.0. The molecular weight excluding hydrogens is 454 g/mol. The molecule has 0 amide bonds. The van der Waals surface area contributed by atoms with E-state index < -0.39 is 30.9 Å². The largest absolute Gasteiger partial charge is 0.405 e. The normalized spacial score (nSPS) is 26.5. The van der Waals surface area contributed by atoms with Gasteiger partial charge in [-0.1, -0.05) is 13.0 Å². The second kappa shape index (κ2) is 10.5. The van der Waals surface area contributed by atoms with Crippen molar-refractivity contribution in [3.63, 3.8) is 0 Å². The summed E-state index contributed by atoms with van der Waals surface area (Å²) in [5, 5.41) is 12.4. The fraction of sp³-hybridized carbons (Fsp3) is 0.500. The third kappa shape index (κ3) is 5.92. The van der Waals surface area contributed by atoms with E-state index in [4.69, 9.17) is 11.5 Å². The molecule has 34 heavy (non-hydrogen) atoms. The van der Waals surface area contributed by atoms with E-state index in [0.717, 1.165) is 0 Å². The molecule has 0 aromatic carbocycles. The highest BCUT2D eigenvalue weighted by Gasteiger charge is 2.31. The van der Waals surface area contributed by atoms with Gasteiger partial charge in [0.25, 0.3) is 0 Å². The van der Waals surface area contributed by atoms with E-state index in [1.54, 1.807) is 17.9 Å². The minimum absolute atomic E-state index is 0.0814. The number of rotatable bonds is 6. The lowest BCUT2D eigenvalue weighted by atomic mass is 9.85. The molecule has 3 rings (SSSR count). The molecule has 1 fully saturated rings. The predicted octanol–water partition coefficient (Wildman–Crippen LogP) is 1.78. The van der Waals surface area contributed by atoms with Crippen LogP contribution in [-0.2, 0) is 0 Å². The number of hydrogen-bond donors (Lipinski definition) is 4. The first kappa shape index (κ1) is 25.6. The van der Waals surface area contributed by atoms with Crippen LogP contribution in [0.25, 0.3) is 11.1 Å². The highest BCUT2D eigenvalue weighted by Crippen LogP contribution is 2.36. The van der Waals surface area contributed by atoms with Gasteiger partial charge in [0.1, 0.15) is 12.7 Å². The number of hydrogen-bond acceptors (Lipinski definition) is 8. The van der Waals surface area contributed by atoms with Crippen molar-refractivity contribution in [1.29, 1.82) is 0 Å². The number of nitrogens with two attached hydrogens (primary N) is 2. The maximum atomic E-state index is 14.8. The molecule has 1 aliphatic carbocycles. The number of allylic oxidation sites excluding steroid dienone is 5. The van der Waals surface area contributed by atoms with E-state index in [-0.39, 0.29) is 18.3 Å². The summed E-state index contributed by atoms with van der Waals surface area (Å²) in [7, 11) is 1.48. The van der Waals surface area contributed by atoms with Gasteiger partial charge in [0.15, 0.2) is 0 Å². The fourth-order valence-corrected chi connectivity index (χ4v) is 3.86. The van der Waals surface area contributed by atoms with Crippen molar-refractivity contribution in [2.45, 2.75) is 37.8 Å². The van der Waals surface area contributed by atoms with Crippen LogP contribution < -0.4 is 21.7 Å². The topological polar surface area (TPSA) is 126 Å². The molecule has 6 N–H and O–H groups in total. The van der Waals surface area contributed by atoms with Crippen LogP contribution in [-0.4, -0.2) is 72.5 Å². The van der Waals surface area contributed by atoms with E-state index in [9.17, 15) is 22.7 Å². The minimum atomic E-state index is -4.41. The Morgan fingerprint density at radius 3 is 2.76 bits per heavy atom. The summed E-state index contributed by atoms with van der Waals surface area (Å²) in [6, 6.07) is -0.355. The lowest BCUT2D eigenvalue weighted by molar-refractivity contribution is -0.122. The summed E-state index contributed by atoms with van der Waals surface area (Å²) >= 11 is 0. The third-order valence-electron chi connectivity index (χ3n) is 5.81. The lowest BCUT2D eigenvalue weighted by Crippen LogP contribution is -2.51. The van der Waals surface area contributed by atoms with Crippen molar-refractivity contribution >= 4 is 23.3 Å². The van der Waals surface area contributed by atoms with E-state index in [0.29, 0.717) is 41.3 Å². The van der Waals surface area contributed by atoms with Gasteiger partial charge < -0.3 is 26.8 Å². The quantitative estimate of drug-likeness (QED) is 0.359. The van der Waals surface area contributed by atoms with E-state index in [1.165, 1.54) is 31.7 Å². The molecule has 0 saturated carbocycles. The zero-order valence-electron chi connectivity index (χ0n) is 18.9. The summed E-state index contributed by atoms with van der Waals surface area (Å²) in [6.07, 6.45) is 1.03. The highest BCUT2D eigenvalue weighted by atomic mass is 19.4. The second-order valence-electron chi connectivity index (χ2n) is 8.36. The van der Waals surface area contributed by atoms with E-state index >= 15 is 0 Å². The van der Waals surface area contributed by atoms with Gasteiger partial charge in [-0.2, -0.15) is 13.2 Å². The first-order valence-electron chi connectivity index (χ1n) is 10.8. The predicted molar refractivity (Wildman–Crippen MR) is 124 cm³/mol. The molecule has 0 spiro atoms. The number of nitrogens with zero attached hydrogens (tertiary/aromatic N) is 4. The molecule has 4 unspecified atom stereocenters. The molecule has 8 nitrogen and oxygen atoms in total. The van der Waals surface area contributed by atoms with Gasteiger partial charge in [-0.25, -0.2) is 14.4 Å². The minimum Gasteiger partial charge on any atom is -0.400 e. The maximum Gasteiger partial charge on any atom is 0.405 e. The van der Waals surface area contributed by atoms with Gasteiger partial charge in [-0.05, 0) is 18.1 Å². The molecule has 1 aliphatic heterocycles. The summed E-state index contributed by atoms with van der Waals surface area (Å²) in [5.41, 5.74) is 13.2. The number of anilines is 1. The number of nitrogens with one attached hydrogen (secondary N) is 1. The average Bonchev–Trinajstić information content (AvgIpc) is 2.78. The SMILES string of the molecule is C/N=C\C(=C/NCC(F)(F)F)c1cnc(N2CCC(N)C(O)C2)nc1C1=CC=C(N)C(F)C1C. The summed E-state index contributed by atoms with van der Waals surface area (Å²) in [5.74, 6) is -0.360. The Balaban J connectivity index is 2.08. The summed E-state index contributed by atoms with van der Waals surface area (Å²) in [4.78, 5) is 14.7. The number of alkyl halides is 4. The number of aromatic nitrogens is 2. The number of aliphatic hydroxyl groups is 1. The molecule has 2 aliphatic rings. The van der Waals surface area contributed by atoms with Crippen molar-refractivity contribution in [3.05, 3.63) is 41.5 Å². The summed E-state index contributed by atoms with van der Waals surface area (Å²) < 4.78 is 52.7. The molecule has 0 bridgehead atoms. The average molecular weight is 484 g/mol. The van der Waals surface area contributed by atoms with Crippen molar-refractivity contribution in [3.8, 4) is 0 Å². The van der Waals surface area contributed by atoms with Crippen LogP contribution in [0.1, 0.15) is 24.6 Å². The van der Waals surface area contributed by atoms with Crippen molar-refractivity contribution in [1.82, 2.24) is 15.3 Å². The number of halogens is 4. The molecular formula is C22H29F4N7O. The molecule has 1 aromatic heterocycles. The molecule has 2 heterocycles. The van der Waals surface area contributed by atoms with Gasteiger partial charge in [0.05, 0.1) is 11.8 Å². The van der Waals surface area contributed by atoms with Crippen LogP contribution in [0.2, 0.25) is 0 Å². The number of aliphatic hydroxyl groups excluding tert-OH is 1. The Morgan fingerprint density at radius 2 is 2.12 bits per heavy atom. The van der Waals surface area contributed by atoms with Crippen molar-refractivity contribution < 1.29 is 22.7 Å². The third-order valence-corrected chi connectivity index (χ3v) is 5.81. The first-order chi connectivity index (χ1) is 16.0. The Morgan fingerprint density at radius 1 is 1.38 bits per heavy atom. The molecule has 0 radical (unpaired) electrons. The molecule has 4 atom stereocenters. The Hall–Kier alpha value is -2.99. The number of aliphatic imine (C=N–C) groups is 1. The van der Waals surface area contributed by atoms with Crippen LogP contribution >= 0.6 is 0 Å². The molecule has 1 aromatic rings. The van der Waals surface area contributed by atoms with E-state index in [1.807, 2.05) is 0 Å². The fourth-order valence-electron chi connectivity index (χ4n) is 3.86. The Bertz CT molecular complexity index is 1010. The van der Waals surface area contributed by atoms with Crippen LogP contribution in [0, 0.1) is 5.92 Å². The van der Waals surface area contributed by atoms with Gasteiger partial charge in [0, 0.05) is 67.5 Å². The maximum absolute atomic E-state index is 14.8. The number of piperidine rings is 1. The Kier molecular flexibility index (Phi) is 7.93. The monoisotopic (exact) mass is 483 g/mol. The van der Waals surface area contributed by atoms with Gasteiger partial charge in [0.2, 0.25) is 5.95 Å². The smallest absolute Gasteiger partial charge is 0.400 e. The highest BCUT2D eigenvalue weighted by molar-refractivity contribution is 6.11. The zero-order valence-corrected chi connectivity index (χ0v) is 18.9. The number of β-amino-alcohol motifs (C(OH)–C–C–N with tert-alkyl or cyclic N) is 1. The molecule has 12 heteroatoms. The van der Waals surface area contributed by atoms with Crippen molar-refractivity contribution in [2.24, 2.45) is 22.4 Å². The van der Waals surface area contributed by atoms with Crippen LogP contribution in [0.4, 0.5) is 23.5 Å². The van der Waals surface area contributed by atoms with Crippen LogP contribution in [0.15, 0.2) is 35.2 Å². The van der Waals surface area contributed by atoms with Gasteiger partial charge in [-0.15, -0.1) is 0 Å². The lowest BCUT2D eigenvalue weighted by Gasteiger charge is -2.34. The standard InChI is InChI=1S/C22H29F4N7O/c1-12-14(3-4-17(28)19(12)23)20-15(13(7-29-2)8-30-11-22(24,25)26)9-31-21(32-20)33-6-5-16(27)18(34)10-33/h3-4,7-9,12,16,18-19,30,34H,5-6,10-11,27-28H2,1-2H3/b13-8+,29-7-. The van der Waals surface area contributed by atoms with Crippen LogP contribution in [0.5, 0.6) is 0 Å². The first-order valence-corrected chi connectivity index (χ1v) is 10.8. The molecule has 1 saturated heterocycles. The van der Waals surface area contributed by atoms with Crippen LogP contribution in [0.3, 0.4) is 0 Å². The van der Waals surface area contributed by atoms with Crippen molar-refractivity contribution in [2.75, 3.05) is 31.6 Å². The second-order valence-corrected chi connectivity index (χ2v) is 8.36.